The highest BCUT2D eigenvalue weighted by molar-refractivity contribution is 5.94. The van der Waals surface area contributed by atoms with Crippen LogP contribution in [0.1, 0.15) is 36.7 Å². The maximum atomic E-state index is 11.6. The van der Waals surface area contributed by atoms with Gasteiger partial charge in [0.2, 0.25) is 0 Å². The molecule has 0 saturated heterocycles. The van der Waals surface area contributed by atoms with Gasteiger partial charge in [-0.1, -0.05) is 26.8 Å². The number of fused-ring (bicyclic) bond motifs is 1. The highest BCUT2D eigenvalue weighted by atomic mass is 16.5. The van der Waals surface area contributed by atoms with Gasteiger partial charge in [-0.25, -0.2) is 9.78 Å². The molecule has 0 saturated carbocycles. The number of nitrogens with one attached hydrogen (secondary N) is 1. The molecule has 2 aromatic carbocycles. The van der Waals surface area contributed by atoms with Crippen LogP contribution in [-0.4, -0.2) is 28.2 Å². The van der Waals surface area contributed by atoms with Gasteiger partial charge in [0.05, 0.1) is 29.3 Å². The predicted octanol–water partition coefficient (Wildman–Crippen LogP) is 4.02. The second-order valence-electron chi connectivity index (χ2n) is 6.79. The number of H-pyrrole nitrogens is 1. The number of hydrogen-bond donors (Lipinski definition) is 2. The maximum Gasteiger partial charge on any atom is 0.337 e. The van der Waals surface area contributed by atoms with Gasteiger partial charge in [-0.2, -0.15) is 0 Å². The summed E-state index contributed by atoms with van der Waals surface area (Å²) in [4.78, 5) is 19.3. The van der Waals surface area contributed by atoms with Gasteiger partial charge >= 0.3 is 5.97 Å². The van der Waals surface area contributed by atoms with Crippen molar-refractivity contribution in [1.29, 1.82) is 0 Å². The summed E-state index contributed by atoms with van der Waals surface area (Å²) in [5.74, 6) is 0.330. The number of aromatic hydroxyl groups is 1. The van der Waals surface area contributed by atoms with E-state index in [-0.39, 0.29) is 11.2 Å². The van der Waals surface area contributed by atoms with Gasteiger partial charge in [-0.3, -0.25) is 0 Å². The normalized spacial score (nSPS) is 11.7. The van der Waals surface area contributed by atoms with Gasteiger partial charge in [-0.05, 0) is 41.3 Å². The number of aromatic nitrogens is 2. The standard InChI is InChI=1S/C19H20N2O3/c1-19(2,3)12-6-8-16(22)13(10-12)17-20-14-7-5-11(18(23)24-4)9-15(14)21-17/h5-10,22H,1-4H3,(H,20,21). The lowest BCUT2D eigenvalue weighted by atomic mass is 9.86. The smallest absolute Gasteiger partial charge is 0.337 e. The number of carbonyl (C=O) groups excluding carboxylic acids is 1. The largest absolute Gasteiger partial charge is 0.507 e. The lowest BCUT2D eigenvalue weighted by molar-refractivity contribution is 0.0601. The third-order valence-electron chi connectivity index (χ3n) is 4.02. The molecule has 0 amide bonds. The van der Waals surface area contributed by atoms with Crippen molar-refractivity contribution in [3.8, 4) is 17.1 Å². The van der Waals surface area contributed by atoms with Crippen molar-refractivity contribution in [1.82, 2.24) is 9.97 Å². The van der Waals surface area contributed by atoms with Crippen molar-refractivity contribution in [3.63, 3.8) is 0 Å². The van der Waals surface area contributed by atoms with Crippen molar-refractivity contribution in [2.45, 2.75) is 26.2 Å². The Hall–Kier alpha value is -2.82. The molecule has 3 aromatic rings. The Morgan fingerprint density at radius 2 is 1.92 bits per heavy atom. The summed E-state index contributed by atoms with van der Waals surface area (Å²) in [6.45, 7) is 6.35. The molecule has 5 heteroatoms. The van der Waals surface area contributed by atoms with Gasteiger partial charge in [-0.15, -0.1) is 0 Å². The van der Waals surface area contributed by atoms with Gasteiger partial charge in [0.1, 0.15) is 11.6 Å². The summed E-state index contributed by atoms with van der Waals surface area (Å²) in [7, 11) is 1.35. The number of imidazole rings is 1. The zero-order chi connectivity index (χ0) is 17.5. The molecule has 0 fully saturated rings. The molecule has 0 spiro atoms. The van der Waals surface area contributed by atoms with Crippen LogP contribution in [-0.2, 0) is 10.2 Å². The van der Waals surface area contributed by atoms with Crippen molar-refractivity contribution >= 4 is 17.0 Å². The average Bonchev–Trinajstić information content (AvgIpc) is 2.96. The first-order valence-electron chi connectivity index (χ1n) is 7.71. The first-order valence-corrected chi connectivity index (χ1v) is 7.71. The average molecular weight is 324 g/mol. The fourth-order valence-electron chi connectivity index (χ4n) is 2.57. The Kier molecular flexibility index (Phi) is 3.79. The van der Waals surface area contributed by atoms with E-state index in [0.29, 0.717) is 22.5 Å². The number of nitrogens with zero attached hydrogens (tertiary/aromatic N) is 1. The summed E-state index contributed by atoms with van der Waals surface area (Å²) in [6.07, 6.45) is 0. The van der Waals surface area contributed by atoms with Crippen LogP contribution in [0.2, 0.25) is 0 Å². The lowest BCUT2D eigenvalue weighted by Gasteiger charge is -2.19. The number of hydrogen-bond acceptors (Lipinski definition) is 4. The zero-order valence-corrected chi connectivity index (χ0v) is 14.2. The Morgan fingerprint density at radius 1 is 1.17 bits per heavy atom. The van der Waals surface area contributed by atoms with E-state index in [9.17, 15) is 9.90 Å². The molecular weight excluding hydrogens is 304 g/mol. The van der Waals surface area contributed by atoms with E-state index in [4.69, 9.17) is 4.74 Å². The number of carbonyl (C=O) groups is 1. The highest BCUT2D eigenvalue weighted by Crippen LogP contribution is 2.33. The number of phenols is 1. The molecule has 2 N–H and O–H groups in total. The molecule has 0 aliphatic rings. The molecule has 3 rings (SSSR count). The molecule has 124 valence electrons. The van der Waals surface area contributed by atoms with E-state index < -0.39 is 5.97 Å². The van der Waals surface area contributed by atoms with E-state index in [1.54, 1.807) is 24.3 Å². The molecule has 0 radical (unpaired) electrons. The third kappa shape index (κ3) is 2.85. The Labute approximate surface area is 140 Å². The number of esters is 1. The summed E-state index contributed by atoms with van der Waals surface area (Å²) >= 11 is 0. The molecule has 1 aromatic heterocycles. The van der Waals surface area contributed by atoms with Crippen LogP contribution in [0.15, 0.2) is 36.4 Å². The molecule has 5 nitrogen and oxygen atoms in total. The summed E-state index contributed by atoms with van der Waals surface area (Å²) in [6, 6.07) is 10.7. The second kappa shape index (κ2) is 5.67. The summed E-state index contributed by atoms with van der Waals surface area (Å²) in [5.41, 5.74) is 3.59. The minimum absolute atomic E-state index is 0.0352. The van der Waals surface area contributed by atoms with E-state index >= 15 is 0 Å². The molecule has 24 heavy (non-hydrogen) atoms. The first kappa shape index (κ1) is 16.1. The van der Waals surface area contributed by atoms with E-state index in [1.807, 2.05) is 12.1 Å². The topological polar surface area (TPSA) is 75.2 Å². The molecule has 0 aliphatic heterocycles. The number of benzene rings is 2. The van der Waals surface area contributed by atoms with E-state index in [0.717, 1.165) is 11.1 Å². The molecule has 0 atom stereocenters. The van der Waals surface area contributed by atoms with Crippen LogP contribution in [0.4, 0.5) is 0 Å². The predicted molar refractivity (Wildman–Crippen MR) is 93.2 cm³/mol. The number of rotatable bonds is 2. The molecule has 0 unspecified atom stereocenters. The second-order valence-corrected chi connectivity index (χ2v) is 6.79. The molecular formula is C19H20N2O3. The highest BCUT2D eigenvalue weighted by Gasteiger charge is 2.18. The molecule has 0 aliphatic carbocycles. The van der Waals surface area contributed by atoms with Crippen LogP contribution in [0.25, 0.3) is 22.4 Å². The number of ether oxygens (including phenoxy) is 1. The van der Waals surface area contributed by atoms with Crippen molar-refractivity contribution in [2.24, 2.45) is 0 Å². The van der Waals surface area contributed by atoms with Gasteiger partial charge in [0.15, 0.2) is 0 Å². The summed E-state index contributed by atoms with van der Waals surface area (Å²) in [5, 5.41) is 10.2. The van der Waals surface area contributed by atoms with Gasteiger partial charge < -0.3 is 14.8 Å². The van der Waals surface area contributed by atoms with Crippen LogP contribution in [0, 0.1) is 0 Å². The van der Waals surface area contributed by atoms with Crippen LogP contribution >= 0.6 is 0 Å². The third-order valence-corrected chi connectivity index (χ3v) is 4.02. The minimum Gasteiger partial charge on any atom is -0.507 e. The van der Waals surface area contributed by atoms with E-state index in [2.05, 4.69) is 30.7 Å². The minimum atomic E-state index is -0.398. The Morgan fingerprint density at radius 3 is 2.58 bits per heavy atom. The fourth-order valence-corrected chi connectivity index (χ4v) is 2.57. The van der Waals surface area contributed by atoms with Gasteiger partial charge in [0.25, 0.3) is 0 Å². The Bertz CT molecular complexity index is 920. The maximum absolute atomic E-state index is 11.6. The van der Waals surface area contributed by atoms with Crippen molar-refractivity contribution in [3.05, 3.63) is 47.5 Å². The van der Waals surface area contributed by atoms with Crippen molar-refractivity contribution in [2.75, 3.05) is 7.11 Å². The van der Waals surface area contributed by atoms with Crippen molar-refractivity contribution < 1.29 is 14.6 Å². The SMILES string of the molecule is COC(=O)c1ccc2nc(-c3cc(C(C)(C)C)ccc3O)[nH]c2c1. The number of aromatic amines is 1. The van der Waals surface area contributed by atoms with Crippen LogP contribution < -0.4 is 0 Å². The number of methoxy groups -OCH3 is 1. The quantitative estimate of drug-likeness (QED) is 0.698. The monoisotopic (exact) mass is 324 g/mol. The molecule has 1 heterocycles. The lowest BCUT2D eigenvalue weighted by Crippen LogP contribution is -2.10. The number of phenolic OH excluding ortho intramolecular Hbond substituents is 1. The zero-order valence-electron chi connectivity index (χ0n) is 14.2. The summed E-state index contributed by atoms with van der Waals surface area (Å²) < 4.78 is 4.74. The van der Waals surface area contributed by atoms with E-state index in [1.165, 1.54) is 7.11 Å². The van der Waals surface area contributed by atoms with Crippen LogP contribution in [0.5, 0.6) is 5.75 Å². The van der Waals surface area contributed by atoms with Gasteiger partial charge in [0, 0.05) is 0 Å². The van der Waals surface area contributed by atoms with Crippen LogP contribution in [0.3, 0.4) is 0 Å². The Balaban J connectivity index is 2.11. The fraction of sp³-hybridized carbons (Fsp3) is 0.263. The first-order chi connectivity index (χ1) is 11.3. The molecule has 0 bridgehead atoms.